The van der Waals surface area contributed by atoms with Crippen LogP contribution in [0.25, 0.3) is 63.8 Å². The van der Waals surface area contributed by atoms with Crippen LogP contribution in [-0.2, 0) is 37.3 Å². The summed E-state index contributed by atoms with van der Waals surface area (Å²) in [5.74, 6) is 2.73. The number of aromatic nitrogens is 3. The second-order valence-electron chi connectivity index (χ2n) is 20.9. The molecule has 5 heterocycles. The van der Waals surface area contributed by atoms with Crippen molar-refractivity contribution in [2.75, 3.05) is 9.80 Å². The Bertz CT molecular complexity index is 3640. The summed E-state index contributed by atoms with van der Waals surface area (Å²) in [4.78, 5) is 18.0. The number of ether oxygens (including phenoxy) is 1. The van der Waals surface area contributed by atoms with Gasteiger partial charge in [-0.2, -0.15) is 6.07 Å². The number of nitrogens with zero attached hydrogens (tertiary/aromatic N) is 6. The van der Waals surface area contributed by atoms with E-state index < -0.39 is 0 Å². The largest absolute Gasteiger partial charge is 0.509 e. The maximum absolute atomic E-state index is 7.61. The van der Waals surface area contributed by atoms with Gasteiger partial charge >= 0.3 is 0 Å². The minimum atomic E-state index is -0.0811. The van der Waals surface area contributed by atoms with Crippen molar-refractivity contribution in [1.82, 2.24) is 14.5 Å². The summed E-state index contributed by atoms with van der Waals surface area (Å²) in [7, 11) is 0. The molecule has 0 radical (unpaired) electrons. The van der Waals surface area contributed by atoms with E-state index in [1.54, 1.807) is 11.3 Å². The van der Waals surface area contributed by atoms with Crippen molar-refractivity contribution in [3.8, 4) is 28.4 Å². The first-order valence-electron chi connectivity index (χ1n) is 23.1. The molecule has 0 atom stereocenters. The Labute approximate surface area is 423 Å². The van der Waals surface area contributed by atoms with Gasteiger partial charge in [-0.15, -0.1) is 59.6 Å². The fraction of sp³-hybridized carbons (Fsp3) is 0.200. The summed E-state index contributed by atoms with van der Waals surface area (Å²) >= 11 is 1.80. The predicted octanol–water partition coefficient (Wildman–Crippen LogP) is 16.9. The minimum Gasteiger partial charge on any atom is -0.509 e. The number of hydrogen-bond donors (Lipinski definition) is 0. The van der Waals surface area contributed by atoms with Crippen LogP contribution in [0.2, 0.25) is 0 Å². The summed E-state index contributed by atoms with van der Waals surface area (Å²) in [6.07, 6.45) is 3.77. The van der Waals surface area contributed by atoms with Gasteiger partial charge in [0.2, 0.25) is 0 Å². The Morgan fingerprint density at radius 3 is 2.10 bits per heavy atom. The normalized spacial score (nSPS) is 13.0. The molecule has 11 rings (SSSR count). The van der Waals surface area contributed by atoms with E-state index >= 15 is 0 Å². The van der Waals surface area contributed by atoms with Crippen molar-refractivity contribution in [2.24, 2.45) is 0 Å². The van der Waals surface area contributed by atoms with Crippen molar-refractivity contribution in [2.45, 2.75) is 78.6 Å². The molecule has 6 aromatic carbocycles. The molecule has 0 amide bonds. The zero-order valence-electron chi connectivity index (χ0n) is 40.2. The van der Waals surface area contributed by atoms with Crippen molar-refractivity contribution >= 4 is 81.9 Å². The maximum atomic E-state index is 7.61. The molecule has 1 aliphatic rings. The molecule has 0 saturated carbocycles. The average molecular weight is 1100 g/mol. The van der Waals surface area contributed by atoms with Crippen LogP contribution in [0.15, 0.2) is 140 Å². The van der Waals surface area contributed by atoms with Gasteiger partial charge in [0.25, 0.3) is 0 Å². The summed E-state index contributed by atoms with van der Waals surface area (Å²) in [6.45, 7) is 30.0. The standard InChI is InChI=1S/C60H51N6OS.Pt/c1-58(2,3)40-25-27-62-53(33-40)66-51-35-46(22-23-49(51)56-55(66)54-48-15-12-11-14-38(48)19-24-52(54)68-56)67-47-29-39(37-17-20-43(61-10)21-18-37)28-44(34-47)64-36-65(57-50(64)16-13-26-63-57)45-31-41(59(4,5)6)30-42(32-45)60(7,8)9;/h11-33,36H,1-9H3;/q-3;. The Kier molecular flexibility index (Phi) is 11.3. The van der Waals surface area contributed by atoms with Crippen LogP contribution in [0, 0.1) is 25.4 Å². The van der Waals surface area contributed by atoms with E-state index in [4.69, 9.17) is 21.3 Å². The first-order valence-corrected chi connectivity index (χ1v) is 23.9. The van der Waals surface area contributed by atoms with E-state index in [2.05, 4.69) is 185 Å². The second-order valence-corrected chi connectivity index (χ2v) is 21.9. The Morgan fingerprint density at radius 1 is 0.638 bits per heavy atom. The number of benzene rings is 6. The molecule has 0 N–H and O–H groups in total. The molecule has 0 spiro atoms. The van der Waals surface area contributed by atoms with Crippen molar-refractivity contribution < 1.29 is 25.8 Å². The SMILES string of the molecule is [C-]#[N+]c1ccc(-c2cc(Oc3[c-]c4c(cc3)c3sc5ccc6ccccc6c5c3n4-c3cc(C(C)(C)C)ccn3)[c-]c(N3[CH-]N(c4cc(C(C)(C)C)cc(C(C)(C)C)c4)c4ncccc43)c2)cc1.[Pt]. The third-order valence-electron chi connectivity index (χ3n) is 13.0. The molecule has 0 fully saturated rings. The number of anilines is 4. The first-order chi connectivity index (χ1) is 32.5. The average Bonchev–Trinajstić information content (AvgIpc) is 4.00. The molecule has 0 unspecified atom stereocenters. The zero-order chi connectivity index (χ0) is 47.3. The Hall–Kier alpha value is -6.78. The fourth-order valence-electron chi connectivity index (χ4n) is 9.20. The predicted molar refractivity (Wildman–Crippen MR) is 283 cm³/mol. The summed E-state index contributed by atoms with van der Waals surface area (Å²) in [5, 5.41) is 4.69. The van der Waals surface area contributed by atoms with E-state index in [-0.39, 0.29) is 37.3 Å². The molecular weight excluding hydrogens is 1050 g/mol. The van der Waals surface area contributed by atoms with E-state index in [0.29, 0.717) is 17.2 Å². The van der Waals surface area contributed by atoms with Crippen LogP contribution >= 0.6 is 11.3 Å². The monoisotopic (exact) mass is 1100 g/mol. The van der Waals surface area contributed by atoms with Gasteiger partial charge in [0.05, 0.1) is 17.8 Å². The van der Waals surface area contributed by atoms with Crippen molar-refractivity contribution in [3.05, 3.63) is 187 Å². The van der Waals surface area contributed by atoms with E-state index in [9.17, 15) is 0 Å². The molecule has 1 aliphatic heterocycles. The minimum absolute atomic E-state index is 0. The van der Waals surface area contributed by atoms with Gasteiger partial charge in [-0.1, -0.05) is 134 Å². The number of thiophene rings is 1. The number of fused-ring (bicyclic) bond motifs is 8. The Balaban J connectivity index is 0.00000553. The molecular formula is C60H51N6OPtS-3. The van der Waals surface area contributed by atoms with Crippen LogP contribution in [0.3, 0.4) is 0 Å². The van der Waals surface area contributed by atoms with Gasteiger partial charge in [0.1, 0.15) is 11.6 Å². The van der Waals surface area contributed by atoms with Crippen LogP contribution in [0.4, 0.5) is 28.6 Å². The molecule has 69 heavy (non-hydrogen) atoms. The van der Waals surface area contributed by atoms with Gasteiger partial charge in [-0.25, -0.2) is 14.8 Å². The number of hydrogen-bond acceptors (Lipinski definition) is 6. The van der Waals surface area contributed by atoms with Gasteiger partial charge in [-0.3, -0.25) is 0 Å². The van der Waals surface area contributed by atoms with E-state index in [1.165, 1.54) is 42.2 Å². The molecule has 0 saturated heterocycles. The van der Waals surface area contributed by atoms with Gasteiger partial charge in [-0.05, 0) is 91.7 Å². The van der Waals surface area contributed by atoms with E-state index in [0.717, 1.165) is 56.2 Å². The third kappa shape index (κ3) is 8.26. The van der Waals surface area contributed by atoms with Crippen LogP contribution in [0.1, 0.15) is 79.0 Å². The molecule has 9 heteroatoms. The summed E-state index contributed by atoms with van der Waals surface area (Å²) in [5.41, 5.74) is 10.7. The van der Waals surface area contributed by atoms with Crippen LogP contribution < -0.4 is 14.5 Å². The van der Waals surface area contributed by atoms with Crippen LogP contribution in [0.5, 0.6) is 11.5 Å². The topological polar surface area (TPSA) is 50.8 Å². The van der Waals surface area contributed by atoms with Crippen LogP contribution in [-0.4, -0.2) is 14.5 Å². The molecule has 10 aromatic rings. The maximum Gasteiger partial charge on any atom is 0.187 e. The second kappa shape index (κ2) is 17.0. The van der Waals surface area contributed by atoms with Crippen molar-refractivity contribution in [3.63, 3.8) is 0 Å². The molecule has 346 valence electrons. The fourth-order valence-corrected chi connectivity index (χ4v) is 10.4. The third-order valence-corrected chi connectivity index (χ3v) is 14.2. The first kappa shape index (κ1) is 46.0. The quantitative estimate of drug-likeness (QED) is 0.155. The zero-order valence-corrected chi connectivity index (χ0v) is 43.3. The molecule has 7 nitrogen and oxygen atoms in total. The van der Waals surface area contributed by atoms with E-state index in [1.807, 2.05) is 54.9 Å². The molecule has 0 aliphatic carbocycles. The summed E-state index contributed by atoms with van der Waals surface area (Å²) < 4.78 is 11.6. The molecule has 4 aromatic heterocycles. The number of pyridine rings is 2. The van der Waals surface area contributed by atoms with Crippen molar-refractivity contribution in [1.29, 1.82) is 0 Å². The van der Waals surface area contributed by atoms with Gasteiger partial charge in [0, 0.05) is 65.4 Å². The smallest absolute Gasteiger partial charge is 0.187 e. The molecule has 0 bridgehead atoms. The van der Waals surface area contributed by atoms with Gasteiger partial charge < -0.3 is 19.1 Å². The Morgan fingerprint density at radius 2 is 1.38 bits per heavy atom. The number of rotatable bonds is 6. The van der Waals surface area contributed by atoms with Gasteiger partial charge in [0.15, 0.2) is 5.69 Å². The summed E-state index contributed by atoms with van der Waals surface area (Å²) in [6, 6.07) is 51.8.